The highest BCUT2D eigenvalue weighted by molar-refractivity contribution is 7.11. The Bertz CT molecular complexity index is 655. The minimum Gasteiger partial charge on any atom is -0.480 e. The molecule has 24 heavy (non-hydrogen) atoms. The summed E-state index contributed by atoms with van der Waals surface area (Å²) in [7, 11) is 0. The van der Waals surface area contributed by atoms with Gasteiger partial charge < -0.3 is 14.9 Å². The van der Waals surface area contributed by atoms with E-state index in [1.165, 1.54) is 23.2 Å². The average molecular weight is 351 g/mol. The van der Waals surface area contributed by atoms with Gasteiger partial charge in [0.1, 0.15) is 10.9 Å². The molecule has 0 aliphatic carbocycles. The Labute approximate surface area is 144 Å². The Morgan fingerprint density at radius 3 is 2.46 bits per heavy atom. The molecule has 1 aromatic rings. The van der Waals surface area contributed by atoms with Gasteiger partial charge in [0.25, 0.3) is 5.91 Å². The van der Waals surface area contributed by atoms with Crippen molar-refractivity contribution in [1.82, 2.24) is 14.8 Å². The molecule has 8 heteroatoms. The van der Waals surface area contributed by atoms with Crippen LogP contribution in [0.25, 0.3) is 0 Å². The van der Waals surface area contributed by atoms with Crippen molar-refractivity contribution in [2.45, 2.75) is 39.2 Å². The van der Waals surface area contributed by atoms with Gasteiger partial charge in [-0.05, 0) is 31.6 Å². The van der Waals surface area contributed by atoms with Crippen molar-refractivity contribution < 1.29 is 19.5 Å². The van der Waals surface area contributed by atoms with Crippen LogP contribution in [0.4, 0.5) is 0 Å². The second-order valence-corrected chi connectivity index (χ2v) is 7.62. The number of carboxylic acids is 1. The van der Waals surface area contributed by atoms with E-state index in [4.69, 9.17) is 0 Å². The summed E-state index contributed by atoms with van der Waals surface area (Å²) < 4.78 is 0. The molecule has 0 saturated carbocycles. The summed E-state index contributed by atoms with van der Waals surface area (Å²) in [5, 5.41) is 9.38. The van der Waals surface area contributed by atoms with E-state index in [1.807, 2.05) is 11.8 Å². The molecule has 0 radical (unpaired) electrons. The molecule has 2 amide bonds. The summed E-state index contributed by atoms with van der Waals surface area (Å²) in [5.74, 6) is -1.14. The lowest BCUT2D eigenvalue weighted by Gasteiger charge is -2.39. The van der Waals surface area contributed by atoms with Crippen LogP contribution in [0.5, 0.6) is 0 Å². The topological polar surface area (TPSA) is 90.8 Å². The molecule has 1 aromatic heterocycles. The molecular formula is C16H21N3O4S. The molecule has 2 aliphatic heterocycles. The van der Waals surface area contributed by atoms with Gasteiger partial charge in [-0.25, -0.2) is 9.78 Å². The zero-order valence-corrected chi connectivity index (χ0v) is 14.6. The van der Waals surface area contributed by atoms with Crippen molar-refractivity contribution in [3.05, 3.63) is 16.1 Å². The van der Waals surface area contributed by atoms with Gasteiger partial charge >= 0.3 is 5.97 Å². The quantitative estimate of drug-likeness (QED) is 0.869. The molecule has 130 valence electrons. The number of nitrogens with zero attached hydrogens (tertiary/aromatic N) is 3. The minimum atomic E-state index is -0.944. The van der Waals surface area contributed by atoms with Crippen LogP contribution in [-0.4, -0.2) is 63.4 Å². The van der Waals surface area contributed by atoms with Crippen molar-refractivity contribution in [2.75, 3.05) is 19.6 Å². The molecule has 1 N–H and O–H groups in total. The van der Waals surface area contributed by atoms with Crippen molar-refractivity contribution in [3.63, 3.8) is 0 Å². The van der Waals surface area contributed by atoms with E-state index in [0.29, 0.717) is 30.9 Å². The first-order valence-electron chi connectivity index (χ1n) is 8.02. The first-order chi connectivity index (χ1) is 11.3. The van der Waals surface area contributed by atoms with Crippen molar-refractivity contribution in [3.8, 4) is 0 Å². The fourth-order valence-electron chi connectivity index (χ4n) is 3.81. The lowest BCUT2D eigenvalue weighted by Crippen LogP contribution is -2.44. The van der Waals surface area contributed by atoms with Crippen LogP contribution in [0, 0.1) is 12.3 Å². The Morgan fingerprint density at radius 1 is 1.33 bits per heavy atom. The van der Waals surface area contributed by atoms with Crippen LogP contribution < -0.4 is 0 Å². The lowest BCUT2D eigenvalue weighted by molar-refractivity contribution is -0.147. The van der Waals surface area contributed by atoms with Crippen molar-refractivity contribution in [1.29, 1.82) is 0 Å². The van der Waals surface area contributed by atoms with Gasteiger partial charge in [0.2, 0.25) is 5.91 Å². The van der Waals surface area contributed by atoms with Gasteiger partial charge in [0.05, 0.1) is 11.2 Å². The number of carboxylic acid groups (broad SMARTS) is 1. The zero-order valence-electron chi connectivity index (χ0n) is 13.8. The van der Waals surface area contributed by atoms with Gasteiger partial charge in [-0.15, -0.1) is 11.3 Å². The van der Waals surface area contributed by atoms with Crippen LogP contribution in [0.3, 0.4) is 0 Å². The molecule has 3 heterocycles. The number of hydrogen-bond acceptors (Lipinski definition) is 5. The maximum atomic E-state index is 12.6. The molecule has 3 rings (SSSR count). The predicted octanol–water partition coefficient (Wildman–Crippen LogP) is 1.38. The standard InChI is InChI=1S/C16H21N3O4S/c1-10-13(24-9-17-10)14(21)18-5-3-16(4-6-18)7-12(15(22)23)19(8-16)11(2)20/h9,12H,3-8H2,1-2H3,(H,22,23). The largest absolute Gasteiger partial charge is 0.480 e. The molecule has 7 nitrogen and oxygen atoms in total. The first kappa shape index (κ1) is 16.9. The summed E-state index contributed by atoms with van der Waals surface area (Å²) in [6, 6.07) is -0.742. The Hall–Kier alpha value is -1.96. The summed E-state index contributed by atoms with van der Waals surface area (Å²) in [6.45, 7) is 4.90. The third kappa shape index (κ3) is 2.90. The molecule has 0 aromatic carbocycles. The minimum absolute atomic E-state index is 0.000977. The molecule has 0 bridgehead atoms. The number of likely N-dealkylation sites (tertiary alicyclic amines) is 2. The Kier molecular flexibility index (Phi) is 4.33. The first-order valence-corrected chi connectivity index (χ1v) is 8.90. The van der Waals surface area contributed by atoms with Crippen LogP contribution in [0.1, 0.15) is 41.6 Å². The summed E-state index contributed by atoms with van der Waals surface area (Å²) in [5.41, 5.74) is 2.24. The Morgan fingerprint density at radius 2 is 2.00 bits per heavy atom. The molecular weight excluding hydrogens is 330 g/mol. The smallest absolute Gasteiger partial charge is 0.326 e. The molecule has 1 spiro atoms. The average Bonchev–Trinajstić information content (AvgIpc) is 3.12. The number of aryl methyl sites for hydroxylation is 1. The highest BCUT2D eigenvalue weighted by Crippen LogP contribution is 2.43. The highest BCUT2D eigenvalue weighted by Gasteiger charge is 2.49. The molecule has 2 saturated heterocycles. The second-order valence-electron chi connectivity index (χ2n) is 6.76. The summed E-state index contributed by atoms with van der Waals surface area (Å²) in [4.78, 5) is 43.8. The zero-order chi connectivity index (χ0) is 17.5. The van der Waals surface area contributed by atoms with Crippen LogP contribution in [-0.2, 0) is 9.59 Å². The van der Waals surface area contributed by atoms with Gasteiger partial charge in [-0.1, -0.05) is 0 Å². The second kappa shape index (κ2) is 6.16. The third-order valence-electron chi connectivity index (χ3n) is 5.25. The van der Waals surface area contributed by atoms with E-state index in [1.54, 1.807) is 5.51 Å². The van der Waals surface area contributed by atoms with Crippen molar-refractivity contribution in [2.24, 2.45) is 5.41 Å². The van der Waals surface area contributed by atoms with Crippen molar-refractivity contribution >= 4 is 29.1 Å². The number of aromatic nitrogens is 1. The number of piperidine rings is 1. The number of thiazole rings is 1. The highest BCUT2D eigenvalue weighted by atomic mass is 32.1. The number of carbonyl (C=O) groups is 3. The molecule has 1 atom stereocenters. The maximum absolute atomic E-state index is 12.6. The Balaban J connectivity index is 1.69. The summed E-state index contributed by atoms with van der Waals surface area (Å²) in [6.07, 6.45) is 1.93. The van der Waals surface area contributed by atoms with Gasteiger partial charge in [-0.3, -0.25) is 9.59 Å². The van der Waals surface area contributed by atoms with E-state index in [0.717, 1.165) is 18.5 Å². The fourth-order valence-corrected chi connectivity index (χ4v) is 4.57. The summed E-state index contributed by atoms with van der Waals surface area (Å²) >= 11 is 1.35. The number of hydrogen-bond donors (Lipinski definition) is 1. The normalized spacial score (nSPS) is 22.8. The molecule has 1 unspecified atom stereocenters. The van der Waals surface area contributed by atoms with E-state index in [9.17, 15) is 19.5 Å². The van der Waals surface area contributed by atoms with E-state index in [-0.39, 0.29) is 17.2 Å². The number of aliphatic carboxylic acids is 1. The third-order valence-corrected chi connectivity index (χ3v) is 6.17. The SMILES string of the molecule is CC(=O)N1CC2(CCN(C(=O)c3scnc3C)CC2)CC1C(=O)O. The van der Waals surface area contributed by atoms with E-state index in [2.05, 4.69) is 4.98 Å². The van der Waals surface area contributed by atoms with Crippen LogP contribution >= 0.6 is 11.3 Å². The van der Waals surface area contributed by atoms with Crippen LogP contribution in [0.2, 0.25) is 0 Å². The maximum Gasteiger partial charge on any atom is 0.326 e. The number of rotatable bonds is 2. The van der Waals surface area contributed by atoms with Gasteiger partial charge in [-0.2, -0.15) is 0 Å². The van der Waals surface area contributed by atoms with Gasteiger partial charge in [0, 0.05) is 26.6 Å². The van der Waals surface area contributed by atoms with Gasteiger partial charge in [0.15, 0.2) is 0 Å². The number of carbonyl (C=O) groups excluding carboxylic acids is 2. The predicted molar refractivity (Wildman–Crippen MR) is 87.8 cm³/mol. The molecule has 2 fully saturated rings. The van der Waals surface area contributed by atoms with Crippen LogP contribution in [0.15, 0.2) is 5.51 Å². The fraction of sp³-hybridized carbons (Fsp3) is 0.625. The monoisotopic (exact) mass is 351 g/mol. The van der Waals surface area contributed by atoms with E-state index < -0.39 is 12.0 Å². The van der Waals surface area contributed by atoms with E-state index >= 15 is 0 Å². The molecule has 2 aliphatic rings. The lowest BCUT2D eigenvalue weighted by atomic mass is 9.76. The number of amides is 2.